The van der Waals surface area contributed by atoms with E-state index in [1.807, 2.05) is 13.8 Å². The van der Waals surface area contributed by atoms with Crippen LogP contribution in [0.15, 0.2) is 30.3 Å². The van der Waals surface area contributed by atoms with Gasteiger partial charge >= 0.3 is 7.60 Å². The van der Waals surface area contributed by atoms with E-state index >= 15 is 0 Å². The van der Waals surface area contributed by atoms with Crippen molar-refractivity contribution in [3.05, 3.63) is 30.3 Å². The first kappa shape index (κ1) is 12.4. The van der Waals surface area contributed by atoms with Crippen molar-refractivity contribution in [2.45, 2.75) is 32.8 Å². The maximum atomic E-state index is 11.8. The SMILES string of the molecule is CCCC(C)OP(=O)(O)c1ccccc1. The van der Waals surface area contributed by atoms with Gasteiger partial charge in [0.15, 0.2) is 0 Å². The molecule has 1 aromatic carbocycles. The second kappa shape index (κ2) is 5.45. The fraction of sp³-hybridized carbons (Fsp3) is 0.455. The fourth-order valence-corrected chi connectivity index (χ4v) is 2.64. The van der Waals surface area contributed by atoms with E-state index in [0.29, 0.717) is 5.30 Å². The van der Waals surface area contributed by atoms with Gasteiger partial charge in [0.1, 0.15) is 0 Å². The molecular weight excluding hydrogens is 211 g/mol. The van der Waals surface area contributed by atoms with Crippen LogP contribution in [0.5, 0.6) is 0 Å². The zero-order chi connectivity index (χ0) is 11.3. The first-order valence-electron chi connectivity index (χ1n) is 5.13. The standard InChI is InChI=1S/C11H17O3P/c1-3-7-10(2)14-15(12,13)11-8-5-4-6-9-11/h4-6,8-10H,3,7H2,1-2H3,(H,12,13). The molecule has 0 radical (unpaired) electrons. The molecule has 0 aliphatic rings. The lowest BCUT2D eigenvalue weighted by Gasteiger charge is -2.17. The van der Waals surface area contributed by atoms with Crippen molar-refractivity contribution in [1.82, 2.24) is 0 Å². The summed E-state index contributed by atoms with van der Waals surface area (Å²) in [5, 5.41) is 0.355. The van der Waals surface area contributed by atoms with Crippen molar-refractivity contribution >= 4 is 12.9 Å². The van der Waals surface area contributed by atoms with Gasteiger partial charge in [-0.3, -0.25) is 4.57 Å². The average Bonchev–Trinajstić information content (AvgIpc) is 2.18. The summed E-state index contributed by atoms with van der Waals surface area (Å²) in [6.45, 7) is 3.83. The molecule has 0 aliphatic carbocycles. The molecule has 0 heterocycles. The van der Waals surface area contributed by atoms with E-state index in [-0.39, 0.29) is 6.10 Å². The van der Waals surface area contributed by atoms with Crippen LogP contribution in [0.3, 0.4) is 0 Å². The Morgan fingerprint density at radius 1 is 1.40 bits per heavy atom. The monoisotopic (exact) mass is 228 g/mol. The minimum absolute atomic E-state index is 0.189. The smallest absolute Gasteiger partial charge is 0.321 e. The Kier molecular flexibility index (Phi) is 4.52. The van der Waals surface area contributed by atoms with Gasteiger partial charge in [0, 0.05) is 0 Å². The minimum Gasteiger partial charge on any atom is -0.321 e. The highest BCUT2D eigenvalue weighted by Gasteiger charge is 2.24. The topological polar surface area (TPSA) is 46.5 Å². The molecule has 0 saturated heterocycles. The third kappa shape index (κ3) is 3.78. The molecule has 0 saturated carbocycles. The van der Waals surface area contributed by atoms with Gasteiger partial charge in [-0.25, -0.2) is 0 Å². The lowest BCUT2D eigenvalue weighted by molar-refractivity contribution is 0.186. The van der Waals surface area contributed by atoms with Gasteiger partial charge in [-0.1, -0.05) is 31.5 Å². The van der Waals surface area contributed by atoms with E-state index < -0.39 is 7.60 Å². The predicted octanol–water partition coefficient (Wildman–Crippen LogP) is 2.70. The maximum absolute atomic E-state index is 11.8. The Morgan fingerprint density at radius 3 is 2.53 bits per heavy atom. The highest BCUT2D eigenvalue weighted by atomic mass is 31.2. The van der Waals surface area contributed by atoms with E-state index in [1.54, 1.807) is 30.3 Å². The van der Waals surface area contributed by atoms with Crippen LogP contribution in [0.1, 0.15) is 26.7 Å². The second-order valence-corrected chi connectivity index (χ2v) is 5.33. The van der Waals surface area contributed by atoms with E-state index in [2.05, 4.69) is 0 Å². The zero-order valence-electron chi connectivity index (χ0n) is 9.09. The summed E-state index contributed by atoms with van der Waals surface area (Å²) in [7, 11) is -3.63. The Balaban J connectivity index is 2.72. The number of hydrogen-bond donors (Lipinski definition) is 1. The van der Waals surface area contributed by atoms with Gasteiger partial charge in [0.25, 0.3) is 0 Å². The maximum Gasteiger partial charge on any atom is 0.359 e. The van der Waals surface area contributed by atoms with Crippen LogP contribution in [0, 0.1) is 0 Å². The van der Waals surface area contributed by atoms with Gasteiger partial charge in [-0.2, -0.15) is 0 Å². The Hall–Kier alpha value is -0.630. The van der Waals surface area contributed by atoms with E-state index in [4.69, 9.17) is 4.52 Å². The van der Waals surface area contributed by atoms with Crippen LogP contribution >= 0.6 is 7.60 Å². The molecule has 1 rings (SSSR count). The molecule has 1 N–H and O–H groups in total. The number of hydrogen-bond acceptors (Lipinski definition) is 2. The van der Waals surface area contributed by atoms with Crippen molar-refractivity contribution in [2.24, 2.45) is 0 Å². The molecule has 1 aromatic rings. The molecule has 2 atom stereocenters. The fourth-order valence-electron chi connectivity index (χ4n) is 1.38. The first-order chi connectivity index (χ1) is 7.06. The molecular formula is C11H17O3P. The summed E-state index contributed by atoms with van der Waals surface area (Å²) in [6.07, 6.45) is 1.54. The quantitative estimate of drug-likeness (QED) is 0.788. The van der Waals surface area contributed by atoms with Gasteiger partial charge in [0.2, 0.25) is 0 Å². The summed E-state index contributed by atoms with van der Waals surface area (Å²) < 4.78 is 17.0. The molecule has 84 valence electrons. The van der Waals surface area contributed by atoms with Crippen molar-refractivity contribution in [1.29, 1.82) is 0 Å². The van der Waals surface area contributed by atoms with Gasteiger partial charge in [0.05, 0.1) is 11.4 Å². The molecule has 0 bridgehead atoms. The molecule has 3 nitrogen and oxygen atoms in total. The molecule has 4 heteroatoms. The van der Waals surface area contributed by atoms with E-state index in [9.17, 15) is 9.46 Å². The molecule has 0 spiro atoms. The van der Waals surface area contributed by atoms with Crippen LogP contribution in [0.2, 0.25) is 0 Å². The second-order valence-electron chi connectivity index (χ2n) is 3.56. The third-order valence-electron chi connectivity index (χ3n) is 2.10. The summed E-state index contributed by atoms with van der Waals surface area (Å²) in [6, 6.07) is 8.48. The van der Waals surface area contributed by atoms with Gasteiger partial charge in [-0.15, -0.1) is 0 Å². The van der Waals surface area contributed by atoms with Crippen molar-refractivity contribution < 1.29 is 14.0 Å². The van der Waals surface area contributed by atoms with Gasteiger partial charge in [-0.05, 0) is 25.5 Å². The normalized spacial score (nSPS) is 17.0. The molecule has 0 aliphatic heterocycles. The summed E-state index contributed by atoms with van der Waals surface area (Å²) >= 11 is 0. The highest BCUT2D eigenvalue weighted by Crippen LogP contribution is 2.42. The van der Waals surface area contributed by atoms with Crippen molar-refractivity contribution in [2.75, 3.05) is 0 Å². The molecule has 0 amide bonds. The number of rotatable bonds is 5. The van der Waals surface area contributed by atoms with Gasteiger partial charge < -0.3 is 9.42 Å². The van der Waals surface area contributed by atoms with E-state index in [1.165, 1.54) is 0 Å². The van der Waals surface area contributed by atoms with Crippen LogP contribution in [-0.4, -0.2) is 11.0 Å². The third-order valence-corrected chi connectivity index (χ3v) is 3.70. The van der Waals surface area contributed by atoms with Crippen LogP contribution < -0.4 is 5.30 Å². The lowest BCUT2D eigenvalue weighted by Crippen LogP contribution is -2.12. The van der Waals surface area contributed by atoms with Crippen LogP contribution in [0.25, 0.3) is 0 Å². The van der Waals surface area contributed by atoms with E-state index in [0.717, 1.165) is 12.8 Å². The van der Waals surface area contributed by atoms with Crippen molar-refractivity contribution in [3.8, 4) is 0 Å². The Morgan fingerprint density at radius 2 is 2.00 bits per heavy atom. The highest BCUT2D eigenvalue weighted by molar-refractivity contribution is 7.61. The average molecular weight is 228 g/mol. The van der Waals surface area contributed by atoms with Crippen LogP contribution in [-0.2, 0) is 9.09 Å². The Bertz CT molecular complexity index is 337. The van der Waals surface area contributed by atoms with Crippen LogP contribution in [0.4, 0.5) is 0 Å². The Labute approximate surface area is 90.6 Å². The lowest BCUT2D eigenvalue weighted by atomic mass is 10.2. The van der Waals surface area contributed by atoms with Crippen molar-refractivity contribution in [3.63, 3.8) is 0 Å². The molecule has 0 fully saturated rings. The summed E-state index contributed by atoms with van der Waals surface area (Å²) in [4.78, 5) is 9.72. The first-order valence-corrected chi connectivity index (χ1v) is 6.71. The largest absolute Gasteiger partial charge is 0.359 e. The molecule has 2 unspecified atom stereocenters. The minimum atomic E-state index is -3.63. The number of benzene rings is 1. The molecule has 15 heavy (non-hydrogen) atoms. The predicted molar refractivity (Wildman–Crippen MR) is 61.4 cm³/mol. The summed E-state index contributed by atoms with van der Waals surface area (Å²) in [5.41, 5.74) is 0. The zero-order valence-corrected chi connectivity index (χ0v) is 9.98. The molecule has 0 aromatic heterocycles. The summed E-state index contributed by atoms with van der Waals surface area (Å²) in [5.74, 6) is 0.